The van der Waals surface area contributed by atoms with Crippen molar-refractivity contribution in [2.24, 2.45) is 17.6 Å². The fourth-order valence-electron chi connectivity index (χ4n) is 5.89. The van der Waals surface area contributed by atoms with Crippen molar-refractivity contribution in [3.8, 4) is 0 Å². The van der Waals surface area contributed by atoms with Gasteiger partial charge in [0, 0.05) is 52.0 Å². The molecule has 316 valence electrons. The van der Waals surface area contributed by atoms with Crippen LogP contribution in [0.1, 0.15) is 97.5 Å². The van der Waals surface area contributed by atoms with Crippen molar-refractivity contribution in [3.05, 3.63) is 29.8 Å². The molecule has 0 radical (unpaired) electrons. The Bertz CT molecular complexity index is 1570. The lowest BCUT2D eigenvalue weighted by atomic mass is 10.0. The molecule has 0 spiro atoms. The van der Waals surface area contributed by atoms with Crippen molar-refractivity contribution >= 4 is 59.2 Å². The number of primary amides is 1. The zero-order valence-electron chi connectivity index (χ0n) is 33.6. The molecule has 1 aliphatic heterocycles. The molecule has 57 heavy (non-hydrogen) atoms. The second-order valence-electron chi connectivity index (χ2n) is 14.4. The first-order valence-corrected chi connectivity index (χ1v) is 19.2. The molecule has 0 aromatic heterocycles. The van der Waals surface area contributed by atoms with E-state index >= 15 is 0 Å². The Labute approximate surface area is 332 Å². The minimum absolute atomic E-state index is 0.00804. The van der Waals surface area contributed by atoms with Crippen LogP contribution in [0.4, 0.5) is 15.3 Å². The van der Waals surface area contributed by atoms with E-state index in [0.717, 1.165) is 0 Å². The number of urea groups is 1. The fraction of sp³-hybridized carbons (Fsp3) is 0.605. The molecular weight excluding hydrogens is 744 g/mol. The molecule has 1 aromatic rings. The van der Waals surface area contributed by atoms with E-state index in [-0.39, 0.29) is 68.9 Å². The molecule has 7 N–H and O–H groups in total. The van der Waals surface area contributed by atoms with Crippen LogP contribution in [0.15, 0.2) is 24.3 Å². The first-order chi connectivity index (χ1) is 26.9. The molecule has 3 atom stereocenters. The number of likely N-dealkylation sites (N-methyl/N-ethyl adjacent to an activating group) is 2. The Kier molecular flexibility index (Phi) is 20.0. The molecule has 19 nitrogen and oxygen atoms in total. The smallest absolute Gasteiger partial charge is 0.410 e. The number of nitrogens with two attached hydrogens (primary N) is 1. The summed E-state index contributed by atoms with van der Waals surface area (Å²) in [7, 11) is 2.98. The van der Waals surface area contributed by atoms with Crippen LogP contribution < -0.4 is 32.3 Å². The predicted molar refractivity (Wildman–Crippen MR) is 206 cm³/mol. The molecule has 0 saturated carbocycles. The Morgan fingerprint density at radius 1 is 0.807 bits per heavy atom. The van der Waals surface area contributed by atoms with E-state index in [1.165, 1.54) is 19.0 Å². The molecule has 1 saturated heterocycles. The molecule has 2 rings (SSSR count). The summed E-state index contributed by atoms with van der Waals surface area (Å²) in [5, 5.41) is 13.7. The van der Waals surface area contributed by atoms with Crippen LogP contribution in [-0.2, 0) is 49.7 Å². The molecular formula is C38H58N8O11. The molecule has 1 heterocycles. The third-order valence-corrected chi connectivity index (χ3v) is 9.04. The molecule has 0 bridgehead atoms. The Balaban J connectivity index is 1.92. The minimum Gasteiger partial charge on any atom is -0.445 e. The Morgan fingerprint density at radius 3 is 1.98 bits per heavy atom. The number of carbonyl (C=O) groups is 9. The highest BCUT2D eigenvalue weighted by atomic mass is 16.7. The third-order valence-electron chi connectivity index (χ3n) is 9.04. The molecule has 1 aromatic carbocycles. The minimum atomic E-state index is -1.05. The van der Waals surface area contributed by atoms with Gasteiger partial charge in [-0.25, -0.2) is 14.4 Å². The standard InChI is InChI=1S/C38H58N8O11/c1-23(2)32(44-28(47)13-9-7-8-10-14-31(50)57-46-29(48)19-20-30(46)49)35(52)43-27(12-11-21-41-37(39)54)34(51)42-26-17-15-25(16-18-26)22-56-38(55)45(6)33(24(3)4)36(53)40-5/h15-18,23-24,27,32-33H,7-14,19-22H2,1-6H3,(H,40,53)(H,42,51)(H,43,52)(H,44,47)(H3,39,41,54)/t27-,32-,33-/m0/s1. The predicted octanol–water partition coefficient (Wildman–Crippen LogP) is 1.99. The number of benzene rings is 1. The SMILES string of the molecule is CNC(=O)[C@H](C(C)C)N(C)C(=O)OCc1ccc(NC(=O)[C@H](CCCNC(N)=O)NC(=O)[C@@H](NC(=O)CCCCCCC(=O)ON2C(=O)CCC2=O)C(C)C)cc1. The van der Waals surface area contributed by atoms with E-state index in [0.29, 0.717) is 48.4 Å². The number of rotatable bonds is 23. The Hall–Kier alpha value is -5.75. The van der Waals surface area contributed by atoms with E-state index in [1.54, 1.807) is 38.1 Å². The highest BCUT2D eigenvalue weighted by Gasteiger charge is 2.33. The summed E-state index contributed by atoms with van der Waals surface area (Å²) in [4.78, 5) is 117. The lowest BCUT2D eigenvalue weighted by Crippen LogP contribution is -2.54. The first kappa shape index (κ1) is 47.4. The van der Waals surface area contributed by atoms with E-state index in [1.807, 2.05) is 13.8 Å². The zero-order valence-corrected chi connectivity index (χ0v) is 33.6. The number of nitrogens with zero attached hydrogens (tertiary/aromatic N) is 2. The van der Waals surface area contributed by atoms with E-state index in [4.69, 9.17) is 15.3 Å². The number of hydroxylamine groups is 2. The lowest BCUT2D eigenvalue weighted by Gasteiger charge is -2.28. The van der Waals surface area contributed by atoms with Gasteiger partial charge in [0.2, 0.25) is 23.6 Å². The number of unbranched alkanes of at least 4 members (excludes halogenated alkanes) is 3. The summed E-state index contributed by atoms with van der Waals surface area (Å²) in [6.45, 7) is 7.20. The first-order valence-electron chi connectivity index (χ1n) is 19.2. The van der Waals surface area contributed by atoms with Crippen molar-refractivity contribution < 1.29 is 52.7 Å². The Morgan fingerprint density at radius 2 is 1.42 bits per heavy atom. The number of nitrogens with one attached hydrogen (secondary N) is 5. The van der Waals surface area contributed by atoms with Crippen LogP contribution in [0.2, 0.25) is 0 Å². The van der Waals surface area contributed by atoms with Gasteiger partial charge in [-0.15, -0.1) is 5.06 Å². The largest absolute Gasteiger partial charge is 0.445 e. The van der Waals surface area contributed by atoms with Crippen LogP contribution in [0.5, 0.6) is 0 Å². The highest BCUT2D eigenvalue weighted by Crippen LogP contribution is 2.17. The van der Waals surface area contributed by atoms with Crippen LogP contribution in [0, 0.1) is 11.8 Å². The second-order valence-corrected chi connectivity index (χ2v) is 14.4. The van der Waals surface area contributed by atoms with Gasteiger partial charge in [-0.1, -0.05) is 52.7 Å². The van der Waals surface area contributed by atoms with Crippen LogP contribution in [0.3, 0.4) is 0 Å². The number of amides is 9. The normalized spacial score (nSPS) is 14.0. The summed E-state index contributed by atoms with van der Waals surface area (Å²) in [5.41, 5.74) is 6.17. The van der Waals surface area contributed by atoms with Gasteiger partial charge in [-0.3, -0.25) is 33.7 Å². The second kappa shape index (κ2) is 24.0. The van der Waals surface area contributed by atoms with Gasteiger partial charge < -0.3 is 41.9 Å². The van der Waals surface area contributed by atoms with Gasteiger partial charge in [0.25, 0.3) is 11.8 Å². The van der Waals surface area contributed by atoms with Crippen molar-refractivity contribution in [1.29, 1.82) is 0 Å². The maximum Gasteiger partial charge on any atom is 0.410 e. The van der Waals surface area contributed by atoms with Crippen molar-refractivity contribution in [1.82, 2.24) is 31.2 Å². The molecule has 1 fully saturated rings. The van der Waals surface area contributed by atoms with Gasteiger partial charge >= 0.3 is 18.1 Å². The topological polar surface area (TPSA) is 265 Å². The maximum atomic E-state index is 13.5. The summed E-state index contributed by atoms with van der Waals surface area (Å²) in [6, 6.07) is 3.02. The molecule has 0 unspecified atom stereocenters. The highest BCUT2D eigenvalue weighted by molar-refractivity contribution is 6.01. The molecule has 0 aliphatic carbocycles. The van der Waals surface area contributed by atoms with Crippen LogP contribution >= 0.6 is 0 Å². The van der Waals surface area contributed by atoms with Gasteiger partial charge in [0.15, 0.2) is 0 Å². The van der Waals surface area contributed by atoms with E-state index in [2.05, 4.69) is 26.6 Å². The van der Waals surface area contributed by atoms with Gasteiger partial charge in [-0.05, 0) is 55.2 Å². The monoisotopic (exact) mass is 802 g/mol. The van der Waals surface area contributed by atoms with Gasteiger partial charge in [0.05, 0.1) is 0 Å². The van der Waals surface area contributed by atoms with Crippen molar-refractivity contribution in [3.63, 3.8) is 0 Å². The van der Waals surface area contributed by atoms with E-state index in [9.17, 15) is 43.2 Å². The lowest BCUT2D eigenvalue weighted by molar-refractivity contribution is -0.197. The number of hydrogen-bond donors (Lipinski definition) is 6. The van der Waals surface area contributed by atoms with Crippen LogP contribution in [-0.4, -0.2) is 102 Å². The van der Waals surface area contributed by atoms with Crippen molar-refractivity contribution in [2.75, 3.05) is 26.0 Å². The number of imide groups is 1. The average molecular weight is 803 g/mol. The quantitative estimate of drug-likeness (QED) is 0.0688. The van der Waals surface area contributed by atoms with Crippen LogP contribution in [0.25, 0.3) is 0 Å². The average Bonchev–Trinajstić information content (AvgIpc) is 3.47. The number of anilines is 1. The number of carbonyl (C=O) groups excluding carboxylic acids is 9. The van der Waals surface area contributed by atoms with E-state index < -0.39 is 59.8 Å². The maximum absolute atomic E-state index is 13.5. The summed E-state index contributed by atoms with van der Waals surface area (Å²) in [6.07, 6.45) is 1.99. The van der Waals surface area contributed by atoms with Gasteiger partial charge in [0.1, 0.15) is 24.7 Å². The fourth-order valence-corrected chi connectivity index (χ4v) is 5.89. The third kappa shape index (κ3) is 16.5. The molecule has 19 heteroatoms. The summed E-state index contributed by atoms with van der Waals surface area (Å²) >= 11 is 0. The zero-order chi connectivity index (χ0) is 42.7. The molecule has 9 amide bonds. The molecule has 1 aliphatic rings. The van der Waals surface area contributed by atoms with Gasteiger partial charge in [-0.2, -0.15) is 0 Å². The summed E-state index contributed by atoms with van der Waals surface area (Å²) < 4.78 is 5.40. The number of ether oxygens (including phenoxy) is 1. The summed E-state index contributed by atoms with van der Waals surface area (Å²) in [5.74, 6) is -4.07. The number of hydrogen-bond acceptors (Lipinski definition) is 11. The van der Waals surface area contributed by atoms with Crippen molar-refractivity contribution in [2.45, 2.75) is 117 Å².